The third-order valence-electron chi connectivity index (χ3n) is 5.94. The summed E-state index contributed by atoms with van der Waals surface area (Å²) in [6.07, 6.45) is -0.733. The Balaban J connectivity index is 1.86. The number of oxime groups is 1. The van der Waals surface area contributed by atoms with Crippen LogP contribution >= 0.6 is 23.4 Å². The number of alkyl halides is 1. The minimum absolute atomic E-state index is 0.0589. The van der Waals surface area contributed by atoms with Gasteiger partial charge in [0, 0.05) is 11.3 Å². The molecule has 2 radical (unpaired) electrons. The fourth-order valence-corrected chi connectivity index (χ4v) is 6.80. The number of hydrogen-bond donors (Lipinski definition) is 3. The summed E-state index contributed by atoms with van der Waals surface area (Å²) in [7, 11) is 3.27. The predicted octanol–water partition coefficient (Wildman–Crippen LogP) is 1.00. The molecule has 0 aliphatic carbocycles. The van der Waals surface area contributed by atoms with Crippen molar-refractivity contribution in [1.82, 2.24) is 20.9 Å². The highest BCUT2D eigenvalue weighted by molar-refractivity contribution is 8.03. The van der Waals surface area contributed by atoms with Crippen LogP contribution in [0, 0.1) is 0 Å². The Hall–Kier alpha value is -3.25. The van der Waals surface area contributed by atoms with Crippen molar-refractivity contribution in [3.05, 3.63) is 22.4 Å². The van der Waals surface area contributed by atoms with Gasteiger partial charge in [0.15, 0.2) is 11.2 Å². The first kappa shape index (κ1) is 36.2. The van der Waals surface area contributed by atoms with Gasteiger partial charge in [-0.05, 0) is 61.0 Å². The highest BCUT2D eigenvalue weighted by Gasteiger charge is 2.57. The zero-order valence-electron chi connectivity index (χ0n) is 26.0. The standard InChI is InChI=1S/C26H35BClN5O10S2/c1-24(2,3)40-21(37)26(7,8)43-32-14(13-10-44-22(29-13)31-23(38)41-25(4,5)6)17(34)30-15-18(35)33-16(20(36)42-27)12(9-28)11-45(39)19(15)33/h10,15,19,22,29H,9,11H2,1-8H3,(H,30,34)(H,31,38)/b32-14-/t15-,19-,22?,45?/m1/s1. The summed E-state index contributed by atoms with van der Waals surface area (Å²) < 4.78 is 28.0. The number of amides is 3. The topological polar surface area (TPSA) is 191 Å². The van der Waals surface area contributed by atoms with Crippen molar-refractivity contribution in [2.24, 2.45) is 5.16 Å². The average molecular weight is 688 g/mol. The average Bonchev–Trinajstić information content (AvgIpc) is 3.36. The van der Waals surface area contributed by atoms with Gasteiger partial charge in [-0.3, -0.25) is 24.0 Å². The molecule has 19 heteroatoms. The van der Waals surface area contributed by atoms with Crippen LogP contribution in [0.15, 0.2) is 27.5 Å². The Morgan fingerprint density at radius 2 is 1.73 bits per heavy atom. The summed E-state index contributed by atoms with van der Waals surface area (Å²) >= 11 is 6.97. The number of fused-ring (bicyclic) bond motifs is 1. The van der Waals surface area contributed by atoms with E-state index in [0.717, 1.165) is 16.7 Å². The van der Waals surface area contributed by atoms with E-state index in [1.165, 1.54) is 19.3 Å². The van der Waals surface area contributed by atoms with Crippen LogP contribution in [0.25, 0.3) is 0 Å². The Morgan fingerprint density at radius 1 is 1.11 bits per heavy atom. The van der Waals surface area contributed by atoms with Crippen LogP contribution in [0.2, 0.25) is 0 Å². The van der Waals surface area contributed by atoms with Crippen LogP contribution in [0.1, 0.15) is 55.4 Å². The molecular weight excluding hydrogens is 653 g/mol. The van der Waals surface area contributed by atoms with Crippen LogP contribution < -0.4 is 16.0 Å². The maximum Gasteiger partial charge on any atom is 0.409 e. The van der Waals surface area contributed by atoms with Gasteiger partial charge in [0.2, 0.25) is 5.60 Å². The molecule has 3 aliphatic rings. The highest BCUT2D eigenvalue weighted by Crippen LogP contribution is 2.36. The number of nitrogens with one attached hydrogen (secondary N) is 3. The minimum Gasteiger partial charge on any atom is -0.539 e. The minimum atomic E-state index is -1.76. The van der Waals surface area contributed by atoms with Crippen molar-refractivity contribution in [3.63, 3.8) is 0 Å². The molecule has 4 atom stereocenters. The lowest BCUT2D eigenvalue weighted by Crippen LogP contribution is -2.74. The summed E-state index contributed by atoms with van der Waals surface area (Å²) in [4.78, 5) is 70.6. The summed E-state index contributed by atoms with van der Waals surface area (Å²) in [6, 6.07) is -1.34. The fraction of sp³-hybridized carbons (Fsp3) is 0.615. The number of rotatable bonds is 9. The lowest BCUT2D eigenvalue weighted by atomic mass is 10.0. The molecular formula is C26H35BClN5O10S2. The van der Waals surface area contributed by atoms with Crippen molar-refractivity contribution in [2.75, 3.05) is 11.6 Å². The maximum absolute atomic E-state index is 13.6. The van der Waals surface area contributed by atoms with E-state index in [2.05, 4.69) is 25.8 Å². The van der Waals surface area contributed by atoms with Gasteiger partial charge in [0.1, 0.15) is 28.3 Å². The molecule has 246 valence electrons. The van der Waals surface area contributed by atoms with Crippen molar-refractivity contribution in [2.45, 2.75) is 89.1 Å². The van der Waals surface area contributed by atoms with Gasteiger partial charge in [0.05, 0.1) is 22.2 Å². The molecule has 0 saturated carbocycles. The number of ether oxygens (including phenoxy) is 2. The van der Waals surface area contributed by atoms with Crippen LogP contribution in [0.3, 0.4) is 0 Å². The maximum atomic E-state index is 13.6. The third kappa shape index (κ3) is 8.73. The second kappa shape index (κ2) is 13.6. The molecule has 15 nitrogen and oxygen atoms in total. The monoisotopic (exact) mass is 687 g/mol. The molecule has 3 amide bonds. The first-order valence-corrected chi connectivity index (χ1v) is 16.4. The van der Waals surface area contributed by atoms with E-state index in [1.54, 1.807) is 41.5 Å². The SMILES string of the molecule is [B]OC(=O)C1=C(CCl)CS(=O)[C@@H]2[C@H](NC(=O)/C(=N\OC(C)(C)C(=O)OC(C)(C)C)C3=CSC(NC(=O)OC(C)(C)C)N3)C(=O)N12. The zero-order valence-corrected chi connectivity index (χ0v) is 28.4. The number of alkyl carbamates (subject to hydrolysis) is 1. The van der Waals surface area contributed by atoms with E-state index >= 15 is 0 Å². The number of esters is 1. The Labute approximate surface area is 273 Å². The predicted molar refractivity (Wildman–Crippen MR) is 166 cm³/mol. The molecule has 2 unspecified atom stereocenters. The molecule has 1 fully saturated rings. The normalized spacial score (nSPS) is 23.6. The number of thioether (sulfide) groups is 1. The van der Waals surface area contributed by atoms with Crippen molar-refractivity contribution in [3.8, 4) is 0 Å². The summed E-state index contributed by atoms with van der Waals surface area (Å²) in [6.45, 7) is 12.9. The number of carbonyl (C=O) groups excluding carboxylic acids is 5. The first-order chi connectivity index (χ1) is 20.7. The molecule has 0 aromatic rings. The molecule has 0 aromatic carbocycles. The smallest absolute Gasteiger partial charge is 0.409 e. The molecule has 45 heavy (non-hydrogen) atoms. The zero-order chi connectivity index (χ0) is 34.1. The molecule has 0 bridgehead atoms. The van der Waals surface area contributed by atoms with E-state index < -0.39 is 80.1 Å². The van der Waals surface area contributed by atoms with Crippen LogP contribution in [-0.4, -0.2) is 98.1 Å². The highest BCUT2D eigenvalue weighted by atomic mass is 35.5. The van der Waals surface area contributed by atoms with E-state index in [-0.39, 0.29) is 28.6 Å². The molecule has 3 N–H and O–H groups in total. The quantitative estimate of drug-likeness (QED) is 0.0780. The third-order valence-corrected chi connectivity index (χ3v) is 8.79. The lowest BCUT2D eigenvalue weighted by Gasteiger charge is -2.49. The number of β-lactam (4-membered cyclic amide) rings is 1. The molecule has 0 aromatic heterocycles. The van der Waals surface area contributed by atoms with Gasteiger partial charge in [-0.25, -0.2) is 14.4 Å². The molecule has 1 saturated heterocycles. The van der Waals surface area contributed by atoms with Crippen molar-refractivity contribution >= 4 is 77.8 Å². The lowest BCUT2D eigenvalue weighted by molar-refractivity contribution is -0.179. The molecule has 3 aliphatic heterocycles. The van der Waals surface area contributed by atoms with Gasteiger partial charge in [-0.1, -0.05) is 16.9 Å². The van der Waals surface area contributed by atoms with Gasteiger partial charge >= 0.3 is 26.1 Å². The van der Waals surface area contributed by atoms with E-state index in [4.69, 9.17) is 34.0 Å². The van der Waals surface area contributed by atoms with Gasteiger partial charge in [0.25, 0.3) is 11.8 Å². The number of nitrogens with zero attached hydrogens (tertiary/aromatic N) is 2. The second-order valence-corrected chi connectivity index (χ2v) is 15.2. The fourth-order valence-electron chi connectivity index (χ4n) is 3.97. The first-order valence-electron chi connectivity index (χ1n) is 13.5. The number of halogens is 1. The molecule has 0 spiro atoms. The second-order valence-electron chi connectivity index (χ2n) is 12.4. The van der Waals surface area contributed by atoms with Crippen LogP contribution in [-0.2, 0) is 48.9 Å². The molecule has 3 heterocycles. The van der Waals surface area contributed by atoms with Crippen molar-refractivity contribution < 1.29 is 47.1 Å². The van der Waals surface area contributed by atoms with E-state index in [0.29, 0.717) is 0 Å². The van der Waals surface area contributed by atoms with Crippen LogP contribution in [0.5, 0.6) is 0 Å². The summed E-state index contributed by atoms with van der Waals surface area (Å²) in [5, 5.41) is 12.2. The van der Waals surface area contributed by atoms with Gasteiger partial charge in [-0.2, -0.15) is 0 Å². The van der Waals surface area contributed by atoms with Crippen molar-refractivity contribution in [1.29, 1.82) is 0 Å². The van der Waals surface area contributed by atoms with Gasteiger partial charge < -0.3 is 29.6 Å². The largest absolute Gasteiger partial charge is 0.539 e. The Kier molecular flexibility index (Phi) is 11.0. The number of carbonyl (C=O) groups is 5. The molecule has 3 rings (SSSR count). The summed E-state index contributed by atoms with van der Waals surface area (Å²) in [5.41, 5.74) is -4.46. The van der Waals surface area contributed by atoms with Gasteiger partial charge in [-0.15, -0.1) is 11.6 Å². The Bertz CT molecular complexity index is 1390. The van der Waals surface area contributed by atoms with E-state index in [1.807, 2.05) is 0 Å². The Morgan fingerprint density at radius 3 is 2.29 bits per heavy atom. The summed E-state index contributed by atoms with van der Waals surface area (Å²) in [5.74, 6) is -3.92. The van der Waals surface area contributed by atoms with E-state index in [9.17, 15) is 28.2 Å². The number of hydrogen-bond acceptors (Lipinski definition) is 13. The van der Waals surface area contributed by atoms with Crippen LogP contribution in [0.4, 0.5) is 4.79 Å².